The number of hydrogen-bond acceptors (Lipinski definition) is 4. The van der Waals surface area contributed by atoms with Crippen LogP contribution in [-0.4, -0.2) is 24.2 Å². The van der Waals surface area contributed by atoms with E-state index in [0.717, 1.165) is 24.2 Å². The Balaban J connectivity index is 1.46. The highest BCUT2D eigenvalue weighted by atomic mass is 16.5. The lowest BCUT2D eigenvalue weighted by atomic mass is 10.1. The summed E-state index contributed by atoms with van der Waals surface area (Å²) in [7, 11) is 0. The number of anilines is 2. The average Bonchev–Trinajstić information content (AvgIpc) is 3.26. The van der Waals surface area contributed by atoms with E-state index >= 15 is 0 Å². The van der Waals surface area contributed by atoms with Gasteiger partial charge in [0.1, 0.15) is 5.69 Å². The van der Waals surface area contributed by atoms with Crippen LogP contribution < -0.4 is 10.2 Å². The molecule has 1 N–H and O–H groups in total. The van der Waals surface area contributed by atoms with Gasteiger partial charge in [0.15, 0.2) is 5.58 Å². The van der Waals surface area contributed by atoms with Crippen LogP contribution in [0.3, 0.4) is 0 Å². The van der Waals surface area contributed by atoms with E-state index in [1.165, 1.54) is 24.1 Å². The molecular weight excluding hydrogens is 314 g/mol. The number of carbonyl (C=O) groups excluding carboxylic acids is 1. The molecule has 1 aliphatic rings. The molecule has 1 amide bonds. The summed E-state index contributed by atoms with van der Waals surface area (Å²) < 4.78 is 5.26. The van der Waals surface area contributed by atoms with Crippen molar-refractivity contribution in [3.05, 3.63) is 53.7 Å². The van der Waals surface area contributed by atoms with E-state index in [4.69, 9.17) is 4.52 Å². The van der Waals surface area contributed by atoms with Crippen LogP contribution in [0.5, 0.6) is 0 Å². The normalized spacial score (nSPS) is 14.2. The van der Waals surface area contributed by atoms with E-state index in [1.54, 1.807) is 0 Å². The van der Waals surface area contributed by atoms with Crippen LogP contribution in [0.4, 0.5) is 11.4 Å². The van der Waals surface area contributed by atoms with Crippen LogP contribution in [0, 0.1) is 6.92 Å². The Hall–Kier alpha value is -2.82. The van der Waals surface area contributed by atoms with Crippen LogP contribution in [-0.2, 0) is 11.2 Å². The first-order valence-corrected chi connectivity index (χ1v) is 8.69. The second-order valence-corrected chi connectivity index (χ2v) is 6.55. The number of nitrogens with one attached hydrogen (secondary N) is 1. The molecule has 1 saturated heterocycles. The molecule has 25 heavy (non-hydrogen) atoms. The van der Waals surface area contributed by atoms with Crippen LogP contribution >= 0.6 is 0 Å². The molecule has 0 saturated carbocycles. The third kappa shape index (κ3) is 3.22. The van der Waals surface area contributed by atoms with Gasteiger partial charge in [-0.15, -0.1) is 0 Å². The Morgan fingerprint density at radius 2 is 2.00 bits per heavy atom. The number of benzene rings is 2. The van der Waals surface area contributed by atoms with E-state index in [1.807, 2.05) is 36.4 Å². The van der Waals surface area contributed by atoms with Gasteiger partial charge in [-0.3, -0.25) is 4.79 Å². The molecular formula is C20H21N3O2. The number of hydrogen-bond donors (Lipinski definition) is 1. The Kier molecular flexibility index (Phi) is 4.14. The fourth-order valence-corrected chi connectivity index (χ4v) is 3.47. The highest BCUT2D eigenvalue weighted by molar-refractivity contribution is 5.95. The predicted octanol–water partition coefficient (Wildman–Crippen LogP) is 3.92. The van der Waals surface area contributed by atoms with Crippen molar-refractivity contribution in [1.29, 1.82) is 0 Å². The number of rotatable bonds is 4. The van der Waals surface area contributed by atoms with Crippen molar-refractivity contribution in [1.82, 2.24) is 5.16 Å². The number of fused-ring (bicyclic) bond motifs is 1. The van der Waals surface area contributed by atoms with Gasteiger partial charge < -0.3 is 14.7 Å². The van der Waals surface area contributed by atoms with Crippen LogP contribution in [0.15, 0.2) is 47.0 Å². The molecule has 2 heterocycles. The fraction of sp³-hybridized carbons (Fsp3) is 0.300. The van der Waals surface area contributed by atoms with E-state index in [-0.39, 0.29) is 12.3 Å². The third-order valence-electron chi connectivity index (χ3n) is 4.71. The summed E-state index contributed by atoms with van der Waals surface area (Å²) >= 11 is 0. The summed E-state index contributed by atoms with van der Waals surface area (Å²) in [5.41, 5.74) is 4.64. The summed E-state index contributed by atoms with van der Waals surface area (Å²) in [6.07, 6.45) is 2.71. The van der Waals surface area contributed by atoms with Crippen molar-refractivity contribution >= 4 is 28.3 Å². The molecule has 128 valence electrons. The molecule has 4 rings (SSSR count). The molecule has 0 atom stereocenters. The third-order valence-corrected chi connectivity index (χ3v) is 4.71. The molecule has 5 heteroatoms. The van der Waals surface area contributed by atoms with E-state index in [2.05, 4.69) is 28.4 Å². The molecule has 5 nitrogen and oxygen atoms in total. The maximum atomic E-state index is 12.4. The number of carbonyl (C=O) groups is 1. The molecule has 0 aliphatic carbocycles. The number of aromatic nitrogens is 1. The second-order valence-electron chi connectivity index (χ2n) is 6.55. The van der Waals surface area contributed by atoms with Crippen LogP contribution in [0.1, 0.15) is 24.1 Å². The number of nitrogens with zero attached hydrogens (tertiary/aromatic N) is 2. The Bertz CT molecular complexity index is 910. The van der Waals surface area contributed by atoms with Gasteiger partial charge in [0.25, 0.3) is 0 Å². The minimum atomic E-state index is -0.0904. The zero-order chi connectivity index (χ0) is 17.2. The predicted molar refractivity (Wildman–Crippen MR) is 99.0 cm³/mol. The first-order chi connectivity index (χ1) is 12.2. The summed E-state index contributed by atoms with van der Waals surface area (Å²) in [6.45, 7) is 4.33. The highest BCUT2D eigenvalue weighted by Gasteiger charge is 2.16. The Morgan fingerprint density at radius 1 is 1.20 bits per heavy atom. The topological polar surface area (TPSA) is 58.4 Å². The minimum absolute atomic E-state index is 0.0904. The van der Waals surface area contributed by atoms with Gasteiger partial charge >= 0.3 is 0 Å². The molecule has 1 aliphatic heterocycles. The van der Waals surface area contributed by atoms with Crippen molar-refractivity contribution in [2.45, 2.75) is 26.2 Å². The van der Waals surface area contributed by atoms with Crippen molar-refractivity contribution < 1.29 is 9.32 Å². The molecule has 2 aromatic carbocycles. The minimum Gasteiger partial charge on any atom is -0.371 e. The smallest absolute Gasteiger partial charge is 0.230 e. The first-order valence-electron chi connectivity index (χ1n) is 8.69. The van der Waals surface area contributed by atoms with Gasteiger partial charge in [-0.2, -0.15) is 0 Å². The highest BCUT2D eigenvalue weighted by Crippen LogP contribution is 2.27. The fourth-order valence-electron chi connectivity index (χ4n) is 3.47. The molecule has 0 radical (unpaired) electrons. The largest absolute Gasteiger partial charge is 0.371 e. The monoisotopic (exact) mass is 335 g/mol. The van der Waals surface area contributed by atoms with Gasteiger partial charge in [-0.25, -0.2) is 0 Å². The summed E-state index contributed by atoms with van der Waals surface area (Å²) in [4.78, 5) is 14.8. The number of para-hydroxylation sites is 1. The van der Waals surface area contributed by atoms with Gasteiger partial charge in [0.2, 0.25) is 5.91 Å². The maximum Gasteiger partial charge on any atom is 0.230 e. The second kappa shape index (κ2) is 6.59. The summed E-state index contributed by atoms with van der Waals surface area (Å²) in [6, 6.07) is 13.7. The van der Waals surface area contributed by atoms with Crippen molar-refractivity contribution in [2.24, 2.45) is 0 Å². The lowest BCUT2D eigenvalue weighted by molar-refractivity contribution is -0.115. The lowest BCUT2D eigenvalue weighted by Crippen LogP contribution is -2.19. The van der Waals surface area contributed by atoms with E-state index in [0.29, 0.717) is 11.3 Å². The zero-order valence-corrected chi connectivity index (χ0v) is 14.3. The standard InChI is InChI=1S/C20H21N3O2/c1-14-12-15(8-9-18(14)23-10-4-5-11-23)21-20(24)13-17-16-6-2-3-7-19(16)25-22-17/h2-3,6-9,12H,4-5,10-11,13H2,1H3,(H,21,24). The van der Waals surface area contributed by atoms with Crippen LogP contribution in [0.2, 0.25) is 0 Å². The van der Waals surface area contributed by atoms with Gasteiger partial charge in [0.05, 0.1) is 6.42 Å². The van der Waals surface area contributed by atoms with Crippen molar-refractivity contribution in [2.75, 3.05) is 23.3 Å². The zero-order valence-electron chi connectivity index (χ0n) is 14.3. The first kappa shape index (κ1) is 15.7. The van der Waals surface area contributed by atoms with E-state index in [9.17, 15) is 4.79 Å². The molecule has 0 spiro atoms. The number of aryl methyl sites for hydroxylation is 1. The molecule has 0 bridgehead atoms. The quantitative estimate of drug-likeness (QED) is 0.785. The van der Waals surface area contributed by atoms with Crippen molar-refractivity contribution in [3.63, 3.8) is 0 Å². The molecule has 1 fully saturated rings. The molecule has 3 aromatic rings. The molecule has 0 unspecified atom stereocenters. The van der Waals surface area contributed by atoms with Crippen LogP contribution in [0.25, 0.3) is 11.0 Å². The maximum absolute atomic E-state index is 12.4. The Morgan fingerprint density at radius 3 is 2.80 bits per heavy atom. The van der Waals surface area contributed by atoms with Gasteiger partial charge in [-0.05, 0) is 55.7 Å². The van der Waals surface area contributed by atoms with E-state index < -0.39 is 0 Å². The van der Waals surface area contributed by atoms with Crippen molar-refractivity contribution in [3.8, 4) is 0 Å². The van der Waals surface area contributed by atoms with Gasteiger partial charge in [-0.1, -0.05) is 17.3 Å². The number of amides is 1. The lowest BCUT2D eigenvalue weighted by Gasteiger charge is -2.20. The average molecular weight is 335 g/mol. The summed E-state index contributed by atoms with van der Waals surface area (Å²) in [5, 5.41) is 7.87. The Labute approximate surface area is 146 Å². The molecule has 1 aromatic heterocycles. The van der Waals surface area contributed by atoms with Gasteiger partial charge in [0, 0.05) is 29.9 Å². The summed E-state index contributed by atoms with van der Waals surface area (Å²) in [5.74, 6) is -0.0904. The SMILES string of the molecule is Cc1cc(NC(=O)Cc2noc3ccccc23)ccc1N1CCCC1.